The molecule has 6 rings (SSSR count). The van der Waals surface area contributed by atoms with E-state index in [0.717, 1.165) is 29.3 Å². The Morgan fingerprint density at radius 2 is 1.98 bits per heavy atom. The molecule has 1 spiro atoms. The normalized spacial score (nSPS) is 21.8. The van der Waals surface area contributed by atoms with Crippen LogP contribution in [0.25, 0.3) is 0 Å². The summed E-state index contributed by atoms with van der Waals surface area (Å²) in [6.45, 7) is -0.590. The number of nitro groups is 1. The van der Waals surface area contributed by atoms with Gasteiger partial charge in [0, 0.05) is 37.8 Å². The van der Waals surface area contributed by atoms with Crippen molar-refractivity contribution >= 4 is 35.2 Å². The Balaban J connectivity index is 1.07. The van der Waals surface area contributed by atoms with E-state index in [2.05, 4.69) is 15.6 Å². The highest BCUT2D eigenvalue weighted by Crippen LogP contribution is 2.54. The Kier molecular flexibility index (Phi) is 6.68. The average Bonchev–Trinajstić information content (AvgIpc) is 3.31. The molecule has 2 atom stereocenters. The van der Waals surface area contributed by atoms with Crippen molar-refractivity contribution in [1.29, 1.82) is 0 Å². The van der Waals surface area contributed by atoms with E-state index >= 15 is 8.78 Å². The van der Waals surface area contributed by atoms with Crippen molar-refractivity contribution in [3.05, 3.63) is 64.2 Å². The number of carbonyl (C=O) groups is 3. The van der Waals surface area contributed by atoms with Crippen LogP contribution in [0.5, 0.6) is 0 Å². The van der Waals surface area contributed by atoms with Gasteiger partial charge in [0.2, 0.25) is 0 Å². The van der Waals surface area contributed by atoms with E-state index in [9.17, 15) is 24.5 Å². The van der Waals surface area contributed by atoms with Crippen molar-refractivity contribution in [3.63, 3.8) is 0 Å². The summed E-state index contributed by atoms with van der Waals surface area (Å²) in [4.78, 5) is 55.2. The van der Waals surface area contributed by atoms with E-state index in [4.69, 9.17) is 14.0 Å². The fraction of sp³-hybridized carbons (Fsp3) is 0.375. The van der Waals surface area contributed by atoms with Crippen LogP contribution < -0.4 is 15.1 Å². The van der Waals surface area contributed by atoms with E-state index in [1.807, 2.05) is 0 Å². The minimum absolute atomic E-state index is 0.000345. The van der Waals surface area contributed by atoms with E-state index in [0.29, 0.717) is 6.42 Å². The zero-order chi connectivity index (χ0) is 29.6. The van der Waals surface area contributed by atoms with Crippen molar-refractivity contribution in [2.45, 2.75) is 18.1 Å². The molecule has 2 aromatic heterocycles. The molecule has 3 aromatic rings. The maximum atomic E-state index is 15.3. The molecule has 16 nitrogen and oxygen atoms in total. The third-order valence-corrected chi connectivity index (χ3v) is 7.17. The topological polar surface area (TPSA) is 178 Å². The van der Waals surface area contributed by atoms with Crippen molar-refractivity contribution in [3.8, 4) is 0 Å². The maximum absolute atomic E-state index is 15.3. The average molecular weight is 588 g/mol. The monoisotopic (exact) mass is 588 g/mol. The van der Waals surface area contributed by atoms with Gasteiger partial charge in [0.15, 0.2) is 23.0 Å². The lowest BCUT2D eigenvalue weighted by molar-refractivity contribution is -0.402. The number of hydrogen-bond acceptors (Lipinski definition) is 11. The number of anilines is 2. The van der Waals surface area contributed by atoms with Crippen LogP contribution in [-0.4, -0.2) is 87.8 Å². The van der Waals surface area contributed by atoms with Crippen LogP contribution in [-0.2, 0) is 14.4 Å². The lowest BCUT2D eigenvalue weighted by atomic mass is 10.2. The molecule has 1 aromatic carbocycles. The third kappa shape index (κ3) is 4.95. The number of nitrogens with one attached hydrogen (secondary N) is 1. The Morgan fingerprint density at radius 3 is 2.67 bits per heavy atom. The first kappa shape index (κ1) is 27.1. The minimum Gasteiger partial charge on any atom is -0.438 e. The summed E-state index contributed by atoms with van der Waals surface area (Å²) in [5.74, 6) is -4.31. The number of rotatable bonds is 7. The van der Waals surface area contributed by atoms with Gasteiger partial charge >= 0.3 is 12.0 Å². The lowest BCUT2D eigenvalue weighted by Gasteiger charge is -2.24. The summed E-state index contributed by atoms with van der Waals surface area (Å²) in [6.07, 6.45) is 2.93. The zero-order valence-electron chi connectivity index (χ0n) is 21.6. The minimum atomic E-state index is -0.915. The molecule has 18 heteroatoms. The lowest BCUT2D eigenvalue weighted by Crippen LogP contribution is -2.41. The first-order chi connectivity index (χ1) is 20.1. The molecule has 3 fully saturated rings. The number of carbonyl (C=O) groups excluding carboxylic acids is 3. The molecule has 1 aliphatic carbocycles. The van der Waals surface area contributed by atoms with Crippen molar-refractivity contribution in [2.24, 2.45) is 0 Å². The number of amides is 3. The smallest absolute Gasteiger partial charge is 0.433 e. The van der Waals surface area contributed by atoms with Gasteiger partial charge in [-0.05, 0) is 6.07 Å². The fourth-order valence-corrected chi connectivity index (χ4v) is 5.01. The summed E-state index contributed by atoms with van der Waals surface area (Å²) >= 11 is 0. The maximum Gasteiger partial charge on any atom is 0.433 e. The van der Waals surface area contributed by atoms with Crippen LogP contribution in [0, 0.1) is 21.7 Å². The molecule has 2 unspecified atom stereocenters. The molecule has 220 valence electrons. The Morgan fingerprint density at radius 1 is 1.19 bits per heavy atom. The first-order valence-electron chi connectivity index (χ1n) is 12.7. The molecule has 0 bridgehead atoms. The summed E-state index contributed by atoms with van der Waals surface area (Å²) in [6, 6.07) is 3.98. The largest absolute Gasteiger partial charge is 0.438 e. The highest BCUT2D eigenvalue weighted by molar-refractivity contribution is 5.94. The molecule has 2 saturated heterocycles. The second kappa shape index (κ2) is 10.4. The second-order valence-electron chi connectivity index (χ2n) is 9.77. The molecule has 4 heterocycles. The number of aromatic nitrogens is 3. The van der Waals surface area contributed by atoms with E-state index in [-0.39, 0.29) is 56.0 Å². The number of nitrogens with zero attached hydrogens (tertiary/aromatic N) is 7. The van der Waals surface area contributed by atoms with Gasteiger partial charge in [0.05, 0.1) is 50.2 Å². The number of hydroxylamine groups is 2. The molecule has 1 saturated carbocycles. The van der Waals surface area contributed by atoms with E-state index < -0.39 is 52.5 Å². The van der Waals surface area contributed by atoms with Crippen LogP contribution >= 0.6 is 0 Å². The van der Waals surface area contributed by atoms with Gasteiger partial charge in [-0.15, -0.1) is 5.10 Å². The van der Waals surface area contributed by atoms with Crippen LogP contribution in [0.15, 0.2) is 41.1 Å². The van der Waals surface area contributed by atoms with E-state index in [1.54, 1.807) is 10.9 Å². The van der Waals surface area contributed by atoms with Gasteiger partial charge in [0.1, 0.15) is 10.6 Å². The highest BCUT2D eigenvalue weighted by atomic mass is 19.1. The molecule has 3 amide bonds. The second-order valence-corrected chi connectivity index (χ2v) is 9.77. The fourth-order valence-electron chi connectivity index (χ4n) is 5.01. The summed E-state index contributed by atoms with van der Waals surface area (Å²) in [5.41, 5.74) is -1.19. The van der Waals surface area contributed by atoms with Gasteiger partial charge in [-0.2, -0.15) is 0 Å². The standard InChI is InChI=1S/C24H22F2N8O8/c25-15-9-14(31-13-24(42-23(31)37)11-18(24)32-4-3-28-29-32)10-16(26)21(15)30-5-6-33(40-8-7-30)19(35)12-27-22(36)17-1-2-20(41-17)34(38)39/h1-4,9-10,18H,5-8,11-13H2,(H,27,36). The predicted octanol–water partition coefficient (Wildman–Crippen LogP) is 1.41. The van der Waals surface area contributed by atoms with Gasteiger partial charge in [-0.1, -0.05) is 5.21 Å². The van der Waals surface area contributed by atoms with Crippen LogP contribution in [0.3, 0.4) is 0 Å². The molecular formula is C24H22F2N8O8. The molecule has 3 aliphatic rings. The molecule has 2 aliphatic heterocycles. The van der Waals surface area contributed by atoms with Crippen LogP contribution in [0.2, 0.25) is 0 Å². The number of hydrogen-bond donors (Lipinski definition) is 1. The van der Waals surface area contributed by atoms with Crippen LogP contribution in [0.4, 0.5) is 30.8 Å². The van der Waals surface area contributed by atoms with Gasteiger partial charge in [-0.3, -0.25) is 29.4 Å². The van der Waals surface area contributed by atoms with Crippen molar-refractivity contribution in [1.82, 2.24) is 25.4 Å². The highest BCUT2D eigenvalue weighted by Gasteiger charge is 2.65. The Labute approximate surface area is 234 Å². The van der Waals surface area contributed by atoms with Gasteiger partial charge in [0.25, 0.3) is 11.8 Å². The molecule has 42 heavy (non-hydrogen) atoms. The van der Waals surface area contributed by atoms with E-state index in [1.165, 1.54) is 16.0 Å². The van der Waals surface area contributed by atoms with Crippen molar-refractivity contribution in [2.75, 3.05) is 49.1 Å². The van der Waals surface area contributed by atoms with Crippen molar-refractivity contribution < 1.29 is 42.1 Å². The predicted molar refractivity (Wildman–Crippen MR) is 134 cm³/mol. The quantitative estimate of drug-likeness (QED) is 0.312. The van der Waals surface area contributed by atoms with Crippen LogP contribution in [0.1, 0.15) is 23.0 Å². The third-order valence-electron chi connectivity index (χ3n) is 7.17. The number of halogens is 2. The number of benzene rings is 1. The molecule has 1 N–H and O–H groups in total. The Hall–Kier alpha value is -5.13. The summed E-state index contributed by atoms with van der Waals surface area (Å²) in [5, 5.41) is 21.6. The SMILES string of the molecule is O=C(NCC(=O)N1CCN(c2c(F)cc(N3CC4(CC4n4ccnn4)OC3=O)cc2F)CCO1)c1ccc([N+](=O)[O-])o1. The summed E-state index contributed by atoms with van der Waals surface area (Å²) in [7, 11) is 0. The molecular weight excluding hydrogens is 566 g/mol. The molecule has 0 radical (unpaired) electrons. The first-order valence-corrected chi connectivity index (χ1v) is 12.7. The Bertz CT molecular complexity index is 1540. The number of furan rings is 1. The van der Waals surface area contributed by atoms with Gasteiger partial charge < -0.3 is 19.4 Å². The number of ether oxygens (including phenoxy) is 1. The zero-order valence-corrected chi connectivity index (χ0v) is 21.6. The van der Waals surface area contributed by atoms with Gasteiger partial charge in [-0.25, -0.2) is 23.3 Å². The summed E-state index contributed by atoms with van der Waals surface area (Å²) < 4.78 is 42.5.